The lowest BCUT2D eigenvalue weighted by Crippen LogP contribution is -2.60. The summed E-state index contributed by atoms with van der Waals surface area (Å²) < 4.78 is 123. The summed E-state index contributed by atoms with van der Waals surface area (Å²) in [4.78, 5) is 3.82. The molecule has 2 rings (SSSR count). The molecule has 1 nitrogen and oxygen atoms in total. The summed E-state index contributed by atoms with van der Waals surface area (Å²) in [5.74, 6) is -6.75. The van der Waals surface area contributed by atoms with Crippen LogP contribution in [0.25, 0.3) is 11.1 Å². The number of hydrogen-bond donors (Lipinski definition) is 0. The van der Waals surface area contributed by atoms with E-state index in [1.807, 2.05) is 0 Å². The maximum atomic E-state index is 15.2. The molecule has 0 bridgehead atoms. The molecular weight excluding hydrogens is 413 g/mol. The van der Waals surface area contributed by atoms with Crippen LogP contribution in [-0.2, 0) is 12.1 Å². The van der Waals surface area contributed by atoms with Crippen LogP contribution in [0.2, 0.25) is 0 Å². The van der Waals surface area contributed by atoms with Crippen molar-refractivity contribution < 1.29 is 39.5 Å². The van der Waals surface area contributed by atoms with Crippen LogP contribution in [0.1, 0.15) is 29.3 Å². The SMILES string of the molecule is CCc1[c]c(C)cc(C(F)(C(F)(F)F)C(F)(F)C(F)(F)F)c1-c1cccnc1C. The van der Waals surface area contributed by atoms with Crippen molar-refractivity contribution in [1.82, 2.24) is 4.98 Å². The predicted octanol–water partition coefficient (Wildman–Crippen LogP) is 6.65. The summed E-state index contributed by atoms with van der Waals surface area (Å²) in [5, 5.41) is 0. The van der Waals surface area contributed by atoms with Gasteiger partial charge in [-0.05, 0) is 49.1 Å². The van der Waals surface area contributed by atoms with Gasteiger partial charge in [0.25, 0.3) is 0 Å². The summed E-state index contributed by atoms with van der Waals surface area (Å²) in [6, 6.07) is 5.37. The molecule has 0 fully saturated rings. The van der Waals surface area contributed by atoms with Crippen molar-refractivity contribution in [3.8, 4) is 11.1 Å². The van der Waals surface area contributed by atoms with Crippen molar-refractivity contribution in [3.63, 3.8) is 0 Å². The van der Waals surface area contributed by atoms with Crippen molar-refractivity contribution in [3.05, 3.63) is 52.8 Å². The van der Waals surface area contributed by atoms with Crippen molar-refractivity contribution in [2.75, 3.05) is 0 Å². The van der Waals surface area contributed by atoms with Gasteiger partial charge in [-0.1, -0.05) is 19.1 Å². The van der Waals surface area contributed by atoms with E-state index in [1.165, 1.54) is 32.2 Å². The summed E-state index contributed by atoms with van der Waals surface area (Å²) in [6.45, 7) is 3.87. The summed E-state index contributed by atoms with van der Waals surface area (Å²) in [7, 11) is 0. The normalized spacial score (nSPS) is 15.3. The Morgan fingerprint density at radius 3 is 1.97 bits per heavy atom. The van der Waals surface area contributed by atoms with Crippen LogP contribution in [0.3, 0.4) is 0 Å². The molecule has 1 heterocycles. The Bertz CT molecular complexity index is 900. The van der Waals surface area contributed by atoms with E-state index in [0.717, 1.165) is 6.92 Å². The first-order valence-electron chi connectivity index (χ1n) is 8.28. The van der Waals surface area contributed by atoms with Crippen molar-refractivity contribution in [2.24, 2.45) is 0 Å². The fourth-order valence-electron chi connectivity index (χ4n) is 3.08. The minimum atomic E-state index is -6.79. The molecule has 0 N–H and O–H groups in total. The Morgan fingerprint density at radius 2 is 1.52 bits per heavy atom. The van der Waals surface area contributed by atoms with Gasteiger partial charge in [0.05, 0.1) is 0 Å². The quantitative estimate of drug-likeness (QED) is 0.497. The average molecular weight is 428 g/mol. The highest BCUT2D eigenvalue weighted by molar-refractivity contribution is 5.75. The van der Waals surface area contributed by atoms with Gasteiger partial charge in [0.1, 0.15) is 0 Å². The fraction of sp³-hybridized carbons (Fsp3) is 0.421. The number of halogens is 9. The molecular formula is C19H15F9N. The molecule has 1 radical (unpaired) electrons. The maximum absolute atomic E-state index is 15.2. The second kappa shape index (κ2) is 7.21. The lowest BCUT2D eigenvalue weighted by Gasteiger charge is -2.38. The maximum Gasteiger partial charge on any atom is 0.457 e. The van der Waals surface area contributed by atoms with E-state index in [0.29, 0.717) is 6.07 Å². The number of nitrogens with zero attached hydrogens (tertiary/aromatic N) is 1. The summed E-state index contributed by atoms with van der Waals surface area (Å²) in [6.07, 6.45) is -12.2. The molecule has 2 aromatic rings. The van der Waals surface area contributed by atoms with Crippen LogP contribution < -0.4 is 0 Å². The molecule has 0 spiro atoms. The van der Waals surface area contributed by atoms with Crippen LogP contribution in [0.4, 0.5) is 39.5 Å². The van der Waals surface area contributed by atoms with E-state index < -0.39 is 35.1 Å². The van der Waals surface area contributed by atoms with Crippen LogP contribution >= 0.6 is 0 Å². The smallest absolute Gasteiger partial charge is 0.261 e. The first-order chi connectivity index (χ1) is 13.1. The van der Waals surface area contributed by atoms with E-state index in [1.54, 1.807) is 0 Å². The molecule has 1 aromatic heterocycles. The summed E-state index contributed by atoms with van der Waals surface area (Å²) >= 11 is 0. The van der Waals surface area contributed by atoms with Crippen molar-refractivity contribution in [2.45, 2.75) is 51.1 Å². The van der Waals surface area contributed by atoms with Gasteiger partial charge in [-0.25, -0.2) is 4.39 Å². The van der Waals surface area contributed by atoms with Gasteiger partial charge < -0.3 is 0 Å². The Labute approximate surface area is 160 Å². The molecule has 29 heavy (non-hydrogen) atoms. The average Bonchev–Trinajstić information content (AvgIpc) is 2.58. The van der Waals surface area contributed by atoms with Gasteiger partial charge in [0.2, 0.25) is 0 Å². The molecule has 0 aliphatic heterocycles. The highest BCUT2D eigenvalue weighted by atomic mass is 19.4. The monoisotopic (exact) mass is 428 g/mol. The van der Waals surface area contributed by atoms with Crippen LogP contribution in [-0.4, -0.2) is 23.3 Å². The van der Waals surface area contributed by atoms with Gasteiger partial charge in [-0.3, -0.25) is 4.98 Å². The van der Waals surface area contributed by atoms with Crippen molar-refractivity contribution in [1.29, 1.82) is 0 Å². The Kier molecular flexibility index (Phi) is 5.73. The second-order valence-electron chi connectivity index (χ2n) is 6.44. The zero-order valence-corrected chi connectivity index (χ0v) is 15.4. The van der Waals surface area contributed by atoms with Gasteiger partial charge in [0.15, 0.2) is 0 Å². The Hall–Kier alpha value is -2.26. The predicted molar refractivity (Wildman–Crippen MR) is 87.2 cm³/mol. The number of benzene rings is 1. The third kappa shape index (κ3) is 3.57. The number of hydrogen-bond acceptors (Lipinski definition) is 1. The second-order valence-corrected chi connectivity index (χ2v) is 6.44. The molecule has 0 amide bonds. The molecule has 10 heteroatoms. The van der Waals surface area contributed by atoms with E-state index >= 15 is 4.39 Å². The van der Waals surface area contributed by atoms with E-state index in [-0.39, 0.29) is 28.8 Å². The fourth-order valence-corrected chi connectivity index (χ4v) is 3.08. The molecule has 0 saturated carbocycles. The molecule has 1 unspecified atom stereocenters. The number of aromatic nitrogens is 1. The largest absolute Gasteiger partial charge is 0.457 e. The molecule has 159 valence electrons. The highest BCUT2D eigenvalue weighted by Crippen LogP contribution is 2.60. The standard InChI is InChI=1S/C19H15F9N/c1-4-12-8-10(2)9-14(15(12)13-6-5-7-29-11(13)3)16(20,18(23,24)25)17(21,22)19(26,27)28/h5-7,9H,4H2,1-3H3. The minimum Gasteiger partial charge on any atom is -0.261 e. The minimum absolute atomic E-state index is 0.0283. The van der Waals surface area contributed by atoms with Crippen LogP contribution in [0.15, 0.2) is 24.4 Å². The first-order valence-corrected chi connectivity index (χ1v) is 8.28. The third-order valence-electron chi connectivity index (χ3n) is 4.46. The molecule has 0 aliphatic rings. The van der Waals surface area contributed by atoms with E-state index in [4.69, 9.17) is 0 Å². The molecule has 1 aromatic carbocycles. The first kappa shape index (κ1) is 23.0. The highest BCUT2D eigenvalue weighted by Gasteiger charge is 2.82. The van der Waals surface area contributed by atoms with Crippen molar-refractivity contribution >= 4 is 0 Å². The molecule has 0 aliphatic carbocycles. The van der Waals surface area contributed by atoms with Crippen LogP contribution in [0.5, 0.6) is 0 Å². The van der Waals surface area contributed by atoms with Gasteiger partial charge in [0, 0.05) is 23.0 Å². The van der Waals surface area contributed by atoms with Gasteiger partial charge in [-0.15, -0.1) is 0 Å². The van der Waals surface area contributed by atoms with Gasteiger partial charge in [-0.2, -0.15) is 35.1 Å². The molecule has 0 saturated heterocycles. The number of rotatable bonds is 4. The zero-order valence-electron chi connectivity index (χ0n) is 15.4. The van der Waals surface area contributed by atoms with E-state index in [2.05, 4.69) is 11.1 Å². The zero-order chi connectivity index (χ0) is 22.4. The number of aryl methyl sites for hydroxylation is 3. The number of pyridine rings is 1. The lowest BCUT2D eigenvalue weighted by molar-refractivity contribution is -0.389. The van der Waals surface area contributed by atoms with E-state index in [9.17, 15) is 35.1 Å². The topological polar surface area (TPSA) is 12.9 Å². The Morgan fingerprint density at radius 1 is 0.931 bits per heavy atom. The number of alkyl halides is 9. The van der Waals surface area contributed by atoms with Gasteiger partial charge >= 0.3 is 23.9 Å². The lowest BCUT2D eigenvalue weighted by atomic mass is 9.79. The Balaban J connectivity index is 3.08. The molecule has 1 atom stereocenters. The van der Waals surface area contributed by atoms with Crippen LogP contribution in [0, 0.1) is 19.9 Å². The third-order valence-corrected chi connectivity index (χ3v) is 4.46. The summed E-state index contributed by atoms with van der Waals surface area (Å²) in [5.41, 5.74) is -9.10.